The van der Waals surface area contributed by atoms with Gasteiger partial charge in [0.1, 0.15) is 0 Å². The van der Waals surface area contributed by atoms with Crippen LogP contribution in [0, 0.1) is 5.41 Å². The number of rotatable bonds is 3. The fourth-order valence-corrected chi connectivity index (χ4v) is 2.68. The van der Waals surface area contributed by atoms with E-state index in [4.69, 9.17) is 4.74 Å². The minimum Gasteiger partial charge on any atom is -0.380 e. The van der Waals surface area contributed by atoms with Crippen LogP contribution in [0.1, 0.15) is 36.7 Å². The molecule has 0 unspecified atom stereocenters. The Labute approximate surface area is 138 Å². The molecule has 5 heteroatoms. The van der Waals surface area contributed by atoms with E-state index in [0.717, 1.165) is 5.56 Å². The smallest absolute Gasteiger partial charge is 0.253 e. The van der Waals surface area contributed by atoms with Gasteiger partial charge in [0.15, 0.2) is 0 Å². The molecular formula is C18H26N2O3. The van der Waals surface area contributed by atoms with Gasteiger partial charge < -0.3 is 14.5 Å². The SMILES string of the molecule is COCc1ccc(C(=O)N2CCN(C(=O)C(C)(C)C)CC2)cc1. The Morgan fingerprint density at radius 1 is 1.00 bits per heavy atom. The van der Waals surface area contributed by atoms with Crippen molar-refractivity contribution >= 4 is 11.8 Å². The number of benzene rings is 1. The van der Waals surface area contributed by atoms with Gasteiger partial charge in [-0.1, -0.05) is 32.9 Å². The molecule has 0 atom stereocenters. The molecule has 1 heterocycles. The second-order valence-corrected chi connectivity index (χ2v) is 6.96. The highest BCUT2D eigenvalue weighted by molar-refractivity contribution is 5.94. The topological polar surface area (TPSA) is 49.9 Å². The Morgan fingerprint density at radius 2 is 1.52 bits per heavy atom. The molecule has 5 nitrogen and oxygen atoms in total. The molecule has 2 amide bonds. The summed E-state index contributed by atoms with van der Waals surface area (Å²) in [7, 11) is 1.65. The van der Waals surface area contributed by atoms with E-state index in [1.807, 2.05) is 54.8 Å². The molecule has 0 aromatic heterocycles. The summed E-state index contributed by atoms with van der Waals surface area (Å²) in [6.45, 7) is 8.69. The van der Waals surface area contributed by atoms with Gasteiger partial charge in [0, 0.05) is 44.3 Å². The van der Waals surface area contributed by atoms with Gasteiger partial charge in [-0.25, -0.2) is 0 Å². The quantitative estimate of drug-likeness (QED) is 0.858. The number of hydrogen-bond donors (Lipinski definition) is 0. The molecule has 1 aliphatic heterocycles. The van der Waals surface area contributed by atoms with E-state index in [2.05, 4.69) is 0 Å². The predicted octanol–water partition coefficient (Wildman–Crippen LogP) is 2.16. The first-order valence-electron chi connectivity index (χ1n) is 7.99. The van der Waals surface area contributed by atoms with Gasteiger partial charge in [-0.15, -0.1) is 0 Å². The van der Waals surface area contributed by atoms with Crippen LogP contribution in [0.15, 0.2) is 24.3 Å². The van der Waals surface area contributed by atoms with Crippen LogP contribution in [-0.4, -0.2) is 54.9 Å². The first kappa shape index (κ1) is 17.5. The minimum atomic E-state index is -0.372. The fraction of sp³-hybridized carbons (Fsp3) is 0.556. The maximum absolute atomic E-state index is 12.5. The average Bonchev–Trinajstić information content (AvgIpc) is 2.54. The number of methoxy groups -OCH3 is 1. The Kier molecular flexibility index (Phi) is 5.42. The lowest BCUT2D eigenvalue weighted by Gasteiger charge is -2.37. The van der Waals surface area contributed by atoms with Crippen molar-refractivity contribution in [1.82, 2.24) is 9.80 Å². The molecule has 1 aliphatic rings. The lowest BCUT2D eigenvalue weighted by Crippen LogP contribution is -2.53. The van der Waals surface area contributed by atoms with E-state index in [1.54, 1.807) is 7.11 Å². The highest BCUT2D eigenvalue weighted by Gasteiger charge is 2.30. The van der Waals surface area contributed by atoms with Gasteiger partial charge in [0.2, 0.25) is 5.91 Å². The molecular weight excluding hydrogens is 292 g/mol. The first-order chi connectivity index (χ1) is 10.8. The number of ether oxygens (including phenoxy) is 1. The molecule has 0 N–H and O–H groups in total. The first-order valence-corrected chi connectivity index (χ1v) is 7.99. The van der Waals surface area contributed by atoms with Crippen LogP contribution in [0.25, 0.3) is 0 Å². The summed E-state index contributed by atoms with van der Waals surface area (Å²) in [6, 6.07) is 7.50. The lowest BCUT2D eigenvalue weighted by molar-refractivity contribution is -0.140. The molecule has 23 heavy (non-hydrogen) atoms. The Morgan fingerprint density at radius 3 is 2.00 bits per heavy atom. The summed E-state index contributed by atoms with van der Waals surface area (Å²) in [5.74, 6) is 0.172. The fourth-order valence-electron chi connectivity index (χ4n) is 2.68. The molecule has 2 rings (SSSR count). The van der Waals surface area contributed by atoms with Crippen LogP contribution < -0.4 is 0 Å². The molecule has 1 aromatic carbocycles. The van der Waals surface area contributed by atoms with Crippen LogP contribution in [0.3, 0.4) is 0 Å². The number of nitrogens with zero attached hydrogens (tertiary/aromatic N) is 2. The summed E-state index contributed by atoms with van der Waals surface area (Å²) in [4.78, 5) is 28.5. The third-order valence-corrected chi connectivity index (χ3v) is 4.01. The summed E-state index contributed by atoms with van der Waals surface area (Å²) < 4.78 is 5.07. The predicted molar refractivity (Wildman–Crippen MR) is 89.1 cm³/mol. The molecule has 1 fully saturated rings. The van der Waals surface area contributed by atoms with Crippen LogP contribution in [-0.2, 0) is 16.1 Å². The van der Waals surface area contributed by atoms with Crippen molar-refractivity contribution in [3.63, 3.8) is 0 Å². The van der Waals surface area contributed by atoms with Gasteiger partial charge in [0.05, 0.1) is 6.61 Å². The molecule has 126 valence electrons. The zero-order valence-corrected chi connectivity index (χ0v) is 14.5. The van der Waals surface area contributed by atoms with Crippen LogP contribution in [0.5, 0.6) is 0 Å². The zero-order valence-electron chi connectivity index (χ0n) is 14.5. The van der Waals surface area contributed by atoms with Crippen molar-refractivity contribution in [2.45, 2.75) is 27.4 Å². The van der Waals surface area contributed by atoms with E-state index >= 15 is 0 Å². The monoisotopic (exact) mass is 318 g/mol. The number of carbonyl (C=O) groups excluding carboxylic acids is 2. The molecule has 0 spiro atoms. The molecule has 1 aromatic rings. The summed E-state index contributed by atoms with van der Waals surface area (Å²) in [5, 5.41) is 0. The maximum Gasteiger partial charge on any atom is 0.253 e. The number of carbonyl (C=O) groups is 2. The third kappa shape index (κ3) is 4.32. The summed E-state index contributed by atoms with van der Waals surface area (Å²) >= 11 is 0. The van der Waals surface area contributed by atoms with Crippen LogP contribution in [0.2, 0.25) is 0 Å². The van der Waals surface area contributed by atoms with Crippen molar-refractivity contribution in [3.8, 4) is 0 Å². The minimum absolute atomic E-state index is 0.0248. The summed E-state index contributed by atoms with van der Waals surface area (Å²) in [6.07, 6.45) is 0. The number of piperazine rings is 1. The van der Waals surface area contributed by atoms with Gasteiger partial charge in [-0.05, 0) is 17.7 Å². The van der Waals surface area contributed by atoms with Crippen molar-refractivity contribution in [3.05, 3.63) is 35.4 Å². The summed E-state index contributed by atoms with van der Waals surface area (Å²) in [5.41, 5.74) is 1.36. The largest absolute Gasteiger partial charge is 0.380 e. The average molecular weight is 318 g/mol. The lowest BCUT2D eigenvalue weighted by atomic mass is 9.94. The molecule has 1 saturated heterocycles. The Hall–Kier alpha value is -1.88. The molecule has 0 bridgehead atoms. The van der Waals surface area contributed by atoms with Gasteiger partial charge >= 0.3 is 0 Å². The highest BCUT2D eigenvalue weighted by atomic mass is 16.5. The Bertz CT molecular complexity index is 553. The van der Waals surface area contributed by atoms with E-state index in [0.29, 0.717) is 38.3 Å². The van der Waals surface area contributed by atoms with Gasteiger partial charge in [-0.3, -0.25) is 9.59 Å². The van der Waals surface area contributed by atoms with E-state index in [-0.39, 0.29) is 17.2 Å². The molecule has 0 saturated carbocycles. The Balaban J connectivity index is 1.94. The zero-order chi connectivity index (χ0) is 17.0. The van der Waals surface area contributed by atoms with Crippen molar-refractivity contribution in [1.29, 1.82) is 0 Å². The van der Waals surface area contributed by atoms with Crippen LogP contribution >= 0.6 is 0 Å². The maximum atomic E-state index is 12.5. The van der Waals surface area contributed by atoms with E-state index in [9.17, 15) is 9.59 Å². The second-order valence-electron chi connectivity index (χ2n) is 6.96. The molecule has 0 aliphatic carbocycles. The van der Waals surface area contributed by atoms with Gasteiger partial charge in [0.25, 0.3) is 5.91 Å². The molecule has 0 radical (unpaired) electrons. The number of amides is 2. The van der Waals surface area contributed by atoms with Crippen molar-refractivity contribution < 1.29 is 14.3 Å². The van der Waals surface area contributed by atoms with Gasteiger partial charge in [-0.2, -0.15) is 0 Å². The van der Waals surface area contributed by atoms with Crippen molar-refractivity contribution in [2.24, 2.45) is 5.41 Å². The standard InChI is InChI=1S/C18H26N2O3/c1-18(2,3)17(22)20-11-9-19(10-12-20)16(21)15-7-5-14(6-8-15)13-23-4/h5-8H,9-13H2,1-4H3. The van der Waals surface area contributed by atoms with E-state index < -0.39 is 0 Å². The highest BCUT2D eigenvalue weighted by Crippen LogP contribution is 2.19. The van der Waals surface area contributed by atoms with Crippen molar-refractivity contribution in [2.75, 3.05) is 33.3 Å². The van der Waals surface area contributed by atoms with E-state index in [1.165, 1.54) is 0 Å². The normalized spacial score (nSPS) is 15.7. The number of hydrogen-bond acceptors (Lipinski definition) is 3. The van der Waals surface area contributed by atoms with Crippen LogP contribution in [0.4, 0.5) is 0 Å². The second kappa shape index (κ2) is 7.13. The third-order valence-electron chi connectivity index (χ3n) is 4.01.